The molecule has 0 aliphatic heterocycles. The first-order valence-electron chi connectivity index (χ1n) is 5.39. The number of hydrogen-bond acceptors (Lipinski definition) is 4. The van der Waals surface area contributed by atoms with Crippen LogP contribution >= 0.6 is 11.6 Å². The Morgan fingerprint density at radius 1 is 1.50 bits per heavy atom. The minimum atomic E-state index is 0.305. The third-order valence-electron chi connectivity index (χ3n) is 2.72. The first-order chi connectivity index (χ1) is 8.60. The number of aryl methyl sites for hydroxylation is 1. The van der Waals surface area contributed by atoms with Gasteiger partial charge in [-0.2, -0.15) is 10.4 Å². The second-order valence-electron chi connectivity index (χ2n) is 3.91. The van der Waals surface area contributed by atoms with E-state index >= 15 is 0 Å². The summed E-state index contributed by atoms with van der Waals surface area (Å²) in [4.78, 5) is 4.11. The average molecular weight is 262 g/mol. The molecule has 5 nitrogen and oxygen atoms in total. The highest BCUT2D eigenvalue weighted by Gasteiger charge is 2.05. The fourth-order valence-corrected chi connectivity index (χ4v) is 1.76. The lowest BCUT2D eigenvalue weighted by Crippen LogP contribution is -2.03. The molecule has 0 unspecified atom stereocenters. The number of nitrogens with zero attached hydrogens (tertiary/aromatic N) is 4. The second kappa shape index (κ2) is 5.07. The predicted octanol–water partition coefficient (Wildman–Crippen LogP) is 2.26. The Morgan fingerprint density at radius 3 is 2.89 bits per heavy atom. The number of halogens is 1. The van der Waals surface area contributed by atoms with Gasteiger partial charge in [0.25, 0.3) is 0 Å². The Balaban J connectivity index is 2.13. The van der Waals surface area contributed by atoms with Crippen LogP contribution in [0.25, 0.3) is 0 Å². The van der Waals surface area contributed by atoms with Gasteiger partial charge in [-0.3, -0.25) is 4.68 Å². The van der Waals surface area contributed by atoms with Crippen LogP contribution in [0.5, 0.6) is 0 Å². The van der Waals surface area contributed by atoms with Gasteiger partial charge in [0.15, 0.2) is 0 Å². The van der Waals surface area contributed by atoms with Crippen molar-refractivity contribution in [2.24, 2.45) is 7.05 Å². The third-order valence-corrected chi connectivity index (χ3v) is 2.91. The minimum absolute atomic E-state index is 0.305. The number of nitriles is 1. The number of nitrogens with one attached hydrogen (secondary N) is 1. The van der Waals surface area contributed by atoms with E-state index < -0.39 is 0 Å². The van der Waals surface area contributed by atoms with Gasteiger partial charge >= 0.3 is 0 Å². The van der Waals surface area contributed by atoms with Gasteiger partial charge in [0.05, 0.1) is 17.8 Å². The molecule has 0 saturated carbocycles. The van der Waals surface area contributed by atoms with Crippen molar-refractivity contribution in [2.45, 2.75) is 13.5 Å². The summed E-state index contributed by atoms with van der Waals surface area (Å²) in [6.07, 6.45) is 1.80. The molecule has 92 valence electrons. The molecule has 0 fully saturated rings. The standard InChI is InChI=1S/C12H12ClN5/c1-8-10(7-16-18(8)2)6-15-12-4-9(5-14)3-11(13)17-12/h3-4,7H,6H2,1-2H3,(H,15,17). The number of pyridine rings is 1. The summed E-state index contributed by atoms with van der Waals surface area (Å²) >= 11 is 5.83. The lowest BCUT2D eigenvalue weighted by atomic mass is 10.2. The van der Waals surface area contributed by atoms with Crippen molar-refractivity contribution >= 4 is 17.4 Å². The Hall–Kier alpha value is -2.06. The van der Waals surface area contributed by atoms with Crippen LogP contribution in [0.1, 0.15) is 16.8 Å². The van der Waals surface area contributed by atoms with E-state index in [-0.39, 0.29) is 0 Å². The second-order valence-corrected chi connectivity index (χ2v) is 4.30. The van der Waals surface area contributed by atoms with Gasteiger partial charge in [-0.15, -0.1) is 0 Å². The normalized spacial score (nSPS) is 10.1. The number of rotatable bonds is 3. The van der Waals surface area contributed by atoms with E-state index in [0.29, 0.717) is 23.1 Å². The maximum Gasteiger partial charge on any atom is 0.132 e. The van der Waals surface area contributed by atoms with E-state index in [4.69, 9.17) is 16.9 Å². The summed E-state index contributed by atoms with van der Waals surface area (Å²) in [7, 11) is 1.89. The SMILES string of the molecule is Cc1c(CNc2cc(C#N)cc(Cl)n2)cnn1C. The zero-order valence-electron chi connectivity index (χ0n) is 10.1. The fourth-order valence-electron chi connectivity index (χ4n) is 1.56. The van der Waals surface area contributed by atoms with Crippen molar-refractivity contribution in [2.75, 3.05) is 5.32 Å². The van der Waals surface area contributed by atoms with E-state index in [1.807, 2.05) is 24.7 Å². The first kappa shape index (κ1) is 12.4. The van der Waals surface area contributed by atoms with Crippen molar-refractivity contribution in [3.8, 4) is 6.07 Å². The van der Waals surface area contributed by atoms with Gasteiger partial charge in [0.2, 0.25) is 0 Å². The third kappa shape index (κ3) is 2.60. The van der Waals surface area contributed by atoms with E-state index in [0.717, 1.165) is 11.3 Å². The number of hydrogen-bond donors (Lipinski definition) is 1. The van der Waals surface area contributed by atoms with Crippen molar-refractivity contribution in [1.82, 2.24) is 14.8 Å². The van der Waals surface area contributed by atoms with Crippen molar-refractivity contribution < 1.29 is 0 Å². The monoisotopic (exact) mass is 261 g/mol. The molecule has 0 saturated heterocycles. The van der Waals surface area contributed by atoms with Crippen LogP contribution in [0.15, 0.2) is 18.3 Å². The van der Waals surface area contributed by atoms with Gasteiger partial charge in [-0.1, -0.05) is 11.6 Å². The summed E-state index contributed by atoms with van der Waals surface area (Å²) in [5, 5.41) is 16.4. The molecule has 0 aliphatic carbocycles. The van der Waals surface area contributed by atoms with E-state index in [9.17, 15) is 0 Å². The molecule has 2 aromatic heterocycles. The lowest BCUT2D eigenvalue weighted by Gasteiger charge is -2.06. The van der Waals surface area contributed by atoms with Crippen LogP contribution in [0.3, 0.4) is 0 Å². The topological polar surface area (TPSA) is 66.5 Å². The van der Waals surface area contributed by atoms with E-state index in [1.54, 1.807) is 12.3 Å². The van der Waals surface area contributed by atoms with Gasteiger partial charge in [-0.05, 0) is 19.1 Å². The Kier molecular flexibility index (Phi) is 3.49. The summed E-state index contributed by atoms with van der Waals surface area (Å²) in [5.41, 5.74) is 2.66. The molecule has 0 radical (unpaired) electrons. The number of aromatic nitrogens is 3. The Morgan fingerprint density at radius 2 is 2.28 bits per heavy atom. The Bertz CT molecular complexity index is 611. The zero-order chi connectivity index (χ0) is 13.1. The quantitative estimate of drug-likeness (QED) is 0.861. The van der Waals surface area contributed by atoms with Crippen LogP contribution in [0, 0.1) is 18.3 Å². The molecule has 0 aliphatic rings. The molecule has 6 heteroatoms. The Labute approximate surface area is 110 Å². The molecular formula is C12H12ClN5. The van der Waals surface area contributed by atoms with Crippen molar-refractivity contribution in [1.29, 1.82) is 5.26 Å². The van der Waals surface area contributed by atoms with Gasteiger partial charge in [0.1, 0.15) is 11.0 Å². The highest BCUT2D eigenvalue weighted by atomic mass is 35.5. The van der Waals surface area contributed by atoms with Crippen LogP contribution in [-0.4, -0.2) is 14.8 Å². The molecule has 2 aromatic rings. The van der Waals surface area contributed by atoms with Gasteiger partial charge in [0, 0.05) is 24.8 Å². The summed E-state index contributed by atoms with van der Waals surface area (Å²) in [5.74, 6) is 0.585. The molecule has 1 N–H and O–H groups in total. The first-order valence-corrected chi connectivity index (χ1v) is 5.77. The lowest BCUT2D eigenvalue weighted by molar-refractivity contribution is 0.738. The fraction of sp³-hybridized carbons (Fsp3) is 0.250. The maximum absolute atomic E-state index is 8.84. The molecular weight excluding hydrogens is 250 g/mol. The van der Waals surface area contributed by atoms with E-state index in [2.05, 4.69) is 15.4 Å². The summed E-state index contributed by atoms with van der Waals surface area (Å²) in [6, 6.07) is 5.24. The smallest absolute Gasteiger partial charge is 0.132 e. The van der Waals surface area contributed by atoms with E-state index in [1.165, 1.54) is 6.07 Å². The molecule has 0 atom stereocenters. The average Bonchev–Trinajstić information content (AvgIpc) is 2.67. The van der Waals surface area contributed by atoms with Crippen LogP contribution < -0.4 is 5.32 Å². The molecule has 0 aromatic carbocycles. The van der Waals surface area contributed by atoms with Crippen molar-refractivity contribution in [3.63, 3.8) is 0 Å². The van der Waals surface area contributed by atoms with Gasteiger partial charge in [-0.25, -0.2) is 4.98 Å². The highest BCUT2D eigenvalue weighted by Crippen LogP contribution is 2.15. The summed E-state index contributed by atoms with van der Waals surface area (Å²) < 4.78 is 1.81. The molecule has 2 heterocycles. The molecule has 0 bridgehead atoms. The molecule has 0 amide bonds. The zero-order valence-corrected chi connectivity index (χ0v) is 10.9. The largest absolute Gasteiger partial charge is 0.366 e. The molecule has 0 spiro atoms. The minimum Gasteiger partial charge on any atom is -0.366 e. The van der Waals surface area contributed by atoms with Crippen molar-refractivity contribution in [3.05, 3.63) is 40.3 Å². The molecule has 2 rings (SSSR count). The maximum atomic E-state index is 8.84. The van der Waals surface area contributed by atoms with Gasteiger partial charge < -0.3 is 5.32 Å². The summed E-state index contributed by atoms with van der Waals surface area (Å²) in [6.45, 7) is 2.59. The predicted molar refractivity (Wildman–Crippen MR) is 69.2 cm³/mol. The molecule has 18 heavy (non-hydrogen) atoms. The van der Waals surface area contributed by atoms with Crippen LogP contribution in [0.4, 0.5) is 5.82 Å². The number of anilines is 1. The van der Waals surface area contributed by atoms with Crippen LogP contribution in [-0.2, 0) is 13.6 Å². The van der Waals surface area contributed by atoms with Crippen LogP contribution in [0.2, 0.25) is 5.15 Å². The highest BCUT2D eigenvalue weighted by molar-refractivity contribution is 6.29.